The van der Waals surface area contributed by atoms with E-state index in [2.05, 4.69) is 50.9 Å². The highest BCUT2D eigenvalue weighted by molar-refractivity contribution is 5.79. The lowest BCUT2D eigenvalue weighted by Crippen LogP contribution is -2.38. The maximum atomic E-state index is 4.31. The van der Waals surface area contributed by atoms with E-state index in [-0.39, 0.29) is 0 Å². The first-order valence-corrected chi connectivity index (χ1v) is 7.77. The number of hydrogen-bond donors (Lipinski definition) is 2. The SMILES string of the molecule is CN=C(NCCCc1ccccc1)NCCc1ccccn1. The van der Waals surface area contributed by atoms with E-state index in [0.717, 1.165) is 44.0 Å². The normalized spacial score (nSPS) is 11.2. The molecule has 0 spiro atoms. The highest BCUT2D eigenvalue weighted by atomic mass is 15.2. The maximum Gasteiger partial charge on any atom is 0.190 e. The average Bonchev–Trinajstić information content (AvgIpc) is 2.59. The summed E-state index contributed by atoms with van der Waals surface area (Å²) in [7, 11) is 1.80. The molecule has 4 heteroatoms. The number of benzene rings is 1. The van der Waals surface area contributed by atoms with Gasteiger partial charge in [0.25, 0.3) is 0 Å². The summed E-state index contributed by atoms with van der Waals surface area (Å²) in [6.45, 7) is 1.74. The van der Waals surface area contributed by atoms with Crippen molar-refractivity contribution in [3.8, 4) is 0 Å². The van der Waals surface area contributed by atoms with Crippen molar-refractivity contribution in [3.05, 3.63) is 66.0 Å². The van der Waals surface area contributed by atoms with Crippen LogP contribution in [0.4, 0.5) is 0 Å². The average molecular weight is 296 g/mol. The number of nitrogens with one attached hydrogen (secondary N) is 2. The fraction of sp³-hybridized carbons (Fsp3) is 0.333. The molecule has 2 N–H and O–H groups in total. The van der Waals surface area contributed by atoms with Crippen molar-refractivity contribution in [1.29, 1.82) is 0 Å². The quantitative estimate of drug-likeness (QED) is 0.469. The van der Waals surface area contributed by atoms with Crippen LogP contribution in [0, 0.1) is 0 Å². The third kappa shape index (κ3) is 5.95. The Balaban J connectivity index is 1.61. The fourth-order valence-electron chi connectivity index (χ4n) is 2.22. The van der Waals surface area contributed by atoms with Crippen LogP contribution in [-0.4, -0.2) is 31.1 Å². The Morgan fingerprint density at radius 3 is 2.45 bits per heavy atom. The van der Waals surface area contributed by atoms with Crippen molar-refractivity contribution < 1.29 is 0 Å². The van der Waals surface area contributed by atoms with Crippen molar-refractivity contribution in [1.82, 2.24) is 15.6 Å². The molecule has 0 aliphatic heterocycles. The first-order valence-electron chi connectivity index (χ1n) is 7.77. The van der Waals surface area contributed by atoms with E-state index in [0.29, 0.717) is 0 Å². The van der Waals surface area contributed by atoms with Gasteiger partial charge in [-0.15, -0.1) is 0 Å². The Morgan fingerprint density at radius 1 is 0.955 bits per heavy atom. The Kier molecular flexibility index (Phi) is 6.96. The van der Waals surface area contributed by atoms with Crippen LogP contribution in [0.2, 0.25) is 0 Å². The van der Waals surface area contributed by atoms with E-state index in [1.54, 1.807) is 7.05 Å². The molecule has 116 valence electrons. The molecule has 2 rings (SSSR count). The molecule has 1 heterocycles. The van der Waals surface area contributed by atoms with Gasteiger partial charge >= 0.3 is 0 Å². The number of rotatable bonds is 7. The minimum atomic E-state index is 0.829. The van der Waals surface area contributed by atoms with Crippen LogP contribution in [0.3, 0.4) is 0 Å². The smallest absolute Gasteiger partial charge is 0.190 e. The van der Waals surface area contributed by atoms with Crippen molar-refractivity contribution in [2.45, 2.75) is 19.3 Å². The minimum absolute atomic E-state index is 0.829. The van der Waals surface area contributed by atoms with Gasteiger partial charge in [-0.2, -0.15) is 0 Å². The second-order valence-electron chi connectivity index (χ2n) is 5.09. The molecule has 22 heavy (non-hydrogen) atoms. The fourth-order valence-corrected chi connectivity index (χ4v) is 2.22. The van der Waals surface area contributed by atoms with E-state index in [4.69, 9.17) is 0 Å². The van der Waals surface area contributed by atoms with E-state index in [9.17, 15) is 0 Å². The molecule has 4 nitrogen and oxygen atoms in total. The second kappa shape index (κ2) is 9.55. The summed E-state index contributed by atoms with van der Waals surface area (Å²) in [5.41, 5.74) is 2.47. The Bertz CT molecular complexity index is 552. The van der Waals surface area contributed by atoms with Crippen LogP contribution in [0.15, 0.2) is 59.7 Å². The predicted octanol–water partition coefficient (Wildman–Crippen LogP) is 2.42. The number of nitrogens with zero attached hydrogens (tertiary/aromatic N) is 2. The molecular weight excluding hydrogens is 272 g/mol. The Labute approximate surface area is 132 Å². The number of aromatic nitrogens is 1. The summed E-state index contributed by atoms with van der Waals surface area (Å²) in [4.78, 5) is 8.55. The number of aliphatic imine (C=N–C) groups is 1. The van der Waals surface area contributed by atoms with Crippen LogP contribution < -0.4 is 10.6 Å². The van der Waals surface area contributed by atoms with E-state index in [1.807, 2.05) is 24.4 Å². The molecule has 0 fully saturated rings. The predicted molar refractivity (Wildman–Crippen MR) is 92.1 cm³/mol. The molecule has 1 aromatic heterocycles. The van der Waals surface area contributed by atoms with Crippen molar-refractivity contribution >= 4 is 5.96 Å². The molecule has 2 aromatic rings. The van der Waals surface area contributed by atoms with Crippen LogP contribution in [0.1, 0.15) is 17.7 Å². The van der Waals surface area contributed by atoms with Gasteiger partial charge in [0.1, 0.15) is 0 Å². The summed E-state index contributed by atoms with van der Waals surface area (Å²) < 4.78 is 0. The lowest BCUT2D eigenvalue weighted by molar-refractivity contribution is 0.736. The van der Waals surface area contributed by atoms with Crippen LogP contribution in [-0.2, 0) is 12.8 Å². The number of hydrogen-bond acceptors (Lipinski definition) is 2. The van der Waals surface area contributed by atoms with E-state index in [1.165, 1.54) is 5.56 Å². The molecule has 0 amide bonds. The van der Waals surface area contributed by atoms with Crippen LogP contribution >= 0.6 is 0 Å². The van der Waals surface area contributed by atoms with Crippen molar-refractivity contribution in [3.63, 3.8) is 0 Å². The molecule has 0 saturated heterocycles. The standard InChI is InChI=1S/C18H24N4/c1-19-18(22-15-12-17-11-5-6-13-20-17)21-14-7-10-16-8-3-2-4-9-16/h2-6,8-9,11,13H,7,10,12,14-15H2,1H3,(H2,19,21,22). The van der Waals surface area contributed by atoms with Crippen LogP contribution in [0.25, 0.3) is 0 Å². The minimum Gasteiger partial charge on any atom is -0.356 e. The highest BCUT2D eigenvalue weighted by Crippen LogP contribution is 2.01. The van der Waals surface area contributed by atoms with Crippen LogP contribution in [0.5, 0.6) is 0 Å². The summed E-state index contributed by atoms with van der Waals surface area (Å²) >= 11 is 0. The summed E-state index contributed by atoms with van der Waals surface area (Å²) in [6, 6.07) is 16.5. The zero-order chi connectivity index (χ0) is 15.5. The zero-order valence-corrected chi connectivity index (χ0v) is 13.1. The monoisotopic (exact) mass is 296 g/mol. The Morgan fingerprint density at radius 2 is 1.73 bits per heavy atom. The second-order valence-corrected chi connectivity index (χ2v) is 5.09. The molecule has 0 radical (unpaired) electrons. The molecule has 0 aliphatic carbocycles. The Hall–Kier alpha value is -2.36. The van der Waals surface area contributed by atoms with Gasteiger partial charge in [-0.3, -0.25) is 9.98 Å². The topological polar surface area (TPSA) is 49.3 Å². The molecule has 0 aliphatic rings. The summed E-state index contributed by atoms with van der Waals surface area (Å²) in [5.74, 6) is 0.851. The van der Waals surface area contributed by atoms with E-state index < -0.39 is 0 Å². The molecular formula is C18H24N4. The molecule has 0 bridgehead atoms. The van der Waals surface area contributed by atoms with Gasteiger partial charge in [-0.25, -0.2) is 0 Å². The molecule has 0 unspecified atom stereocenters. The zero-order valence-electron chi connectivity index (χ0n) is 13.1. The third-order valence-electron chi connectivity index (χ3n) is 3.40. The lowest BCUT2D eigenvalue weighted by Gasteiger charge is -2.11. The molecule has 0 saturated carbocycles. The maximum absolute atomic E-state index is 4.31. The number of guanidine groups is 1. The third-order valence-corrected chi connectivity index (χ3v) is 3.40. The van der Waals surface area contributed by atoms with Gasteiger partial charge in [0.15, 0.2) is 5.96 Å². The van der Waals surface area contributed by atoms with Gasteiger partial charge in [0.05, 0.1) is 0 Å². The number of pyridine rings is 1. The number of aryl methyl sites for hydroxylation is 1. The van der Waals surface area contributed by atoms with Gasteiger partial charge in [-0.1, -0.05) is 36.4 Å². The van der Waals surface area contributed by atoms with Crippen molar-refractivity contribution in [2.24, 2.45) is 4.99 Å². The van der Waals surface area contributed by atoms with Gasteiger partial charge in [-0.05, 0) is 30.5 Å². The first kappa shape index (κ1) is 16.0. The largest absolute Gasteiger partial charge is 0.356 e. The molecule has 0 atom stereocenters. The van der Waals surface area contributed by atoms with Crippen molar-refractivity contribution in [2.75, 3.05) is 20.1 Å². The van der Waals surface area contributed by atoms with Gasteiger partial charge in [0.2, 0.25) is 0 Å². The van der Waals surface area contributed by atoms with Gasteiger partial charge < -0.3 is 10.6 Å². The van der Waals surface area contributed by atoms with Gasteiger partial charge in [0, 0.05) is 38.4 Å². The highest BCUT2D eigenvalue weighted by Gasteiger charge is 1.98. The first-order chi connectivity index (χ1) is 10.9. The van der Waals surface area contributed by atoms with E-state index >= 15 is 0 Å². The lowest BCUT2D eigenvalue weighted by atomic mass is 10.1. The summed E-state index contributed by atoms with van der Waals surface area (Å²) in [6.07, 6.45) is 4.89. The summed E-state index contributed by atoms with van der Waals surface area (Å²) in [5, 5.41) is 6.66. The molecule has 1 aromatic carbocycles.